The monoisotopic (exact) mass is 379 g/mol. The van der Waals surface area contributed by atoms with E-state index in [0.717, 1.165) is 6.42 Å². The highest BCUT2D eigenvalue weighted by Gasteiger charge is 2.18. The summed E-state index contributed by atoms with van der Waals surface area (Å²) in [6, 6.07) is 0.0854. The molecule has 3 N–H and O–H groups in total. The summed E-state index contributed by atoms with van der Waals surface area (Å²) in [7, 11) is 1.78. The average molecular weight is 380 g/mol. The van der Waals surface area contributed by atoms with E-state index >= 15 is 0 Å². The topological polar surface area (TPSA) is 105 Å². The number of carbonyl (C=O) groups is 1. The maximum absolute atomic E-state index is 12.5. The number of aromatic nitrogens is 2. The Morgan fingerprint density at radius 3 is 2.63 bits per heavy atom. The molecule has 27 heavy (non-hydrogen) atoms. The fourth-order valence-corrected chi connectivity index (χ4v) is 3.04. The minimum atomic E-state index is -0.165. The van der Waals surface area contributed by atoms with Gasteiger partial charge in [-0.15, -0.1) is 0 Å². The number of aromatic amines is 1. The molecule has 8 heteroatoms. The number of morpholine rings is 1. The highest BCUT2D eigenvalue weighted by atomic mass is 16.5. The van der Waals surface area contributed by atoms with Gasteiger partial charge in [0.15, 0.2) is 0 Å². The number of carbonyl (C=O) groups excluding carboxylic acids is 1. The molecule has 1 aliphatic heterocycles. The van der Waals surface area contributed by atoms with Crippen molar-refractivity contribution in [3.63, 3.8) is 0 Å². The molecule has 8 nitrogen and oxygen atoms in total. The molecule has 1 saturated heterocycles. The number of nitrogens with two attached hydrogens (primary N) is 1. The minimum Gasteiger partial charge on any atom is -0.378 e. The Morgan fingerprint density at radius 1 is 1.37 bits per heavy atom. The first-order valence-corrected chi connectivity index (χ1v) is 9.71. The number of aryl methyl sites for hydroxylation is 1. The third kappa shape index (κ3) is 6.04. The molecular formula is C19H33N5O3. The maximum Gasteiger partial charge on any atom is 0.255 e. The number of hydrogen-bond acceptors (Lipinski definition) is 6. The van der Waals surface area contributed by atoms with E-state index in [4.69, 9.17) is 10.5 Å². The van der Waals surface area contributed by atoms with Crippen LogP contribution in [0.5, 0.6) is 0 Å². The predicted octanol–water partition coefficient (Wildman–Crippen LogP) is 0.679. The van der Waals surface area contributed by atoms with E-state index in [-0.39, 0.29) is 23.9 Å². The molecule has 1 aromatic heterocycles. The van der Waals surface area contributed by atoms with Gasteiger partial charge in [-0.2, -0.15) is 0 Å². The van der Waals surface area contributed by atoms with Gasteiger partial charge in [-0.05, 0) is 25.7 Å². The molecule has 0 aliphatic carbocycles. The Labute approximate surface area is 161 Å². The molecule has 0 radical (unpaired) electrons. The van der Waals surface area contributed by atoms with Gasteiger partial charge in [0.1, 0.15) is 0 Å². The van der Waals surface area contributed by atoms with Gasteiger partial charge in [0.2, 0.25) is 11.9 Å². The minimum absolute atomic E-state index is 0.0158. The second kappa shape index (κ2) is 9.85. The smallest absolute Gasteiger partial charge is 0.255 e. The molecule has 1 aromatic rings. The van der Waals surface area contributed by atoms with Crippen LogP contribution in [0, 0.1) is 12.8 Å². The Morgan fingerprint density at radius 2 is 2.04 bits per heavy atom. The Balaban J connectivity index is 1.93. The van der Waals surface area contributed by atoms with Crippen LogP contribution >= 0.6 is 0 Å². The summed E-state index contributed by atoms with van der Waals surface area (Å²) in [5.74, 6) is 0.989. The molecule has 0 aromatic carbocycles. The van der Waals surface area contributed by atoms with Crippen molar-refractivity contribution in [1.82, 2.24) is 14.9 Å². The second-order valence-electron chi connectivity index (χ2n) is 7.56. The van der Waals surface area contributed by atoms with Gasteiger partial charge in [0, 0.05) is 50.4 Å². The quantitative estimate of drug-likeness (QED) is 0.688. The number of nitrogens with zero attached hydrogens (tertiary/aromatic N) is 3. The van der Waals surface area contributed by atoms with Crippen LogP contribution in [0.1, 0.15) is 37.9 Å². The third-order valence-electron chi connectivity index (χ3n) is 5.19. The second-order valence-corrected chi connectivity index (χ2v) is 7.56. The molecule has 152 valence electrons. The summed E-state index contributed by atoms with van der Waals surface area (Å²) in [4.78, 5) is 35.9. The van der Waals surface area contributed by atoms with Crippen molar-refractivity contribution >= 4 is 11.9 Å². The largest absolute Gasteiger partial charge is 0.378 e. The van der Waals surface area contributed by atoms with Crippen molar-refractivity contribution in [1.29, 1.82) is 0 Å². The van der Waals surface area contributed by atoms with Gasteiger partial charge < -0.3 is 20.3 Å². The van der Waals surface area contributed by atoms with Gasteiger partial charge in [-0.1, -0.05) is 13.8 Å². The molecule has 1 atom stereocenters. The van der Waals surface area contributed by atoms with E-state index < -0.39 is 0 Å². The lowest BCUT2D eigenvalue weighted by Gasteiger charge is -2.27. The summed E-state index contributed by atoms with van der Waals surface area (Å²) >= 11 is 0. The summed E-state index contributed by atoms with van der Waals surface area (Å²) in [5, 5.41) is 0. The summed E-state index contributed by atoms with van der Waals surface area (Å²) in [5.41, 5.74) is 7.13. The number of ether oxygens (including phenoxy) is 1. The van der Waals surface area contributed by atoms with E-state index in [1.54, 1.807) is 11.9 Å². The summed E-state index contributed by atoms with van der Waals surface area (Å²) in [6.07, 6.45) is 1.45. The third-order valence-corrected chi connectivity index (χ3v) is 5.19. The Bertz CT molecular complexity index is 682. The zero-order chi connectivity index (χ0) is 20.0. The zero-order valence-electron chi connectivity index (χ0n) is 17.0. The van der Waals surface area contributed by atoms with Gasteiger partial charge in [0.25, 0.3) is 5.56 Å². The lowest BCUT2D eigenvalue weighted by Crippen LogP contribution is -2.39. The van der Waals surface area contributed by atoms with Crippen LogP contribution in [-0.2, 0) is 16.0 Å². The summed E-state index contributed by atoms with van der Waals surface area (Å²) in [6.45, 7) is 9.29. The van der Waals surface area contributed by atoms with Crippen molar-refractivity contribution in [3.05, 3.63) is 21.6 Å². The molecule has 2 heterocycles. The number of nitrogens with one attached hydrogen (secondary N) is 1. The van der Waals surface area contributed by atoms with Crippen molar-refractivity contribution in [2.24, 2.45) is 11.7 Å². The Hall–Kier alpha value is -1.93. The van der Waals surface area contributed by atoms with Gasteiger partial charge in [0.05, 0.1) is 13.2 Å². The number of rotatable bonds is 8. The fraction of sp³-hybridized carbons (Fsp3) is 0.737. The van der Waals surface area contributed by atoms with Crippen LogP contribution in [0.3, 0.4) is 0 Å². The highest BCUT2D eigenvalue weighted by molar-refractivity contribution is 5.76. The normalized spacial score (nSPS) is 15.9. The average Bonchev–Trinajstić information content (AvgIpc) is 2.65. The van der Waals surface area contributed by atoms with Crippen LogP contribution in [0.4, 0.5) is 5.95 Å². The molecule has 1 aliphatic rings. The van der Waals surface area contributed by atoms with E-state index in [0.29, 0.717) is 62.4 Å². The maximum atomic E-state index is 12.5. The van der Waals surface area contributed by atoms with Gasteiger partial charge >= 0.3 is 0 Å². The molecule has 0 spiro atoms. The van der Waals surface area contributed by atoms with Crippen LogP contribution in [0.15, 0.2) is 4.79 Å². The fourth-order valence-electron chi connectivity index (χ4n) is 3.04. The molecule has 0 bridgehead atoms. The molecule has 1 unspecified atom stereocenters. The van der Waals surface area contributed by atoms with Crippen LogP contribution in [0.25, 0.3) is 0 Å². The first kappa shape index (κ1) is 21.4. The lowest BCUT2D eigenvalue weighted by atomic mass is 10.0. The molecular weight excluding hydrogens is 346 g/mol. The number of H-pyrrole nitrogens is 1. The molecule has 1 amide bonds. The first-order chi connectivity index (χ1) is 12.8. The van der Waals surface area contributed by atoms with Crippen molar-refractivity contribution in [2.75, 3.05) is 44.8 Å². The highest BCUT2D eigenvalue weighted by Crippen LogP contribution is 2.12. The Kier molecular flexibility index (Phi) is 7.79. The van der Waals surface area contributed by atoms with Crippen molar-refractivity contribution in [2.45, 2.75) is 46.1 Å². The van der Waals surface area contributed by atoms with Crippen LogP contribution in [0.2, 0.25) is 0 Å². The van der Waals surface area contributed by atoms with Gasteiger partial charge in [-0.25, -0.2) is 4.98 Å². The van der Waals surface area contributed by atoms with E-state index in [9.17, 15) is 9.59 Å². The zero-order valence-corrected chi connectivity index (χ0v) is 17.0. The molecule has 1 fully saturated rings. The van der Waals surface area contributed by atoms with E-state index in [1.807, 2.05) is 11.8 Å². The van der Waals surface area contributed by atoms with Crippen molar-refractivity contribution < 1.29 is 9.53 Å². The van der Waals surface area contributed by atoms with Crippen LogP contribution in [-0.4, -0.2) is 66.7 Å². The predicted molar refractivity (Wildman–Crippen MR) is 106 cm³/mol. The summed E-state index contributed by atoms with van der Waals surface area (Å²) < 4.78 is 5.33. The number of hydrogen-bond donors (Lipinski definition) is 2. The first-order valence-electron chi connectivity index (χ1n) is 9.71. The standard InChI is InChI=1S/C19H33N5O3/c1-13(2)16(20)7-8-23(4)17(25)6-5-15-14(3)21-19(22-18(15)26)24-9-11-27-12-10-24/h13,16H,5-12,20H2,1-4H3,(H,21,22,26). The molecule has 0 saturated carbocycles. The van der Waals surface area contributed by atoms with E-state index in [1.165, 1.54) is 0 Å². The lowest BCUT2D eigenvalue weighted by molar-refractivity contribution is -0.129. The van der Waals surface area contributed by atoms with E-state index in [2.05, 4.69) is 23.8 Å². The van der Waals surface area contributed by atoms with Crippen molar-refractivity contribution in [3.8, 4) is 0 Å². The number of anilines is 1. The van der Waals surface area contributed by atoms with Gasteiger partial charge in [-0.3, -0.25) is 14.6 Å². The number of amides is 1. The van der Waals surface area contributed by atoms with Crippen LogP contribution < -0.4 is 16.2 Å². The molecule has 2 rings (SSSR count). The SMILES string of the molecule is Cc1nc(N2CCOCC2)[nH]c(=O)c1CCC(=O)N(C)CCC(N)C(C)C.